The number of rotatable bonds is 8. The molecule has 160 valence electrons. The van der Waals surface area contributed by atoms with Crippen molar-refractivity contribution in [3.05, 3.63) is 59.7 Å². The summed E-state index contributed by atoms with van der Waals surface area (Å²) in [4.78, 5) is 27.9. The summed E-state index contributed by atoms with van der Waals surface area (Å²) in [6, 6.07) is 14.8. The molecule has 0 aliphatic carbocycles. The van der Waals surface area contributed by atoms with Crippen LogP contribution in [0.15, 0.2) is 48.5 Å². The summed E-state index contributed by atoms with van der Waals surface area (Å²) in [5, 5.41) is 3.04. The van der Waals surface area contributed by atoms with Crippen LogP contribution in [0.3, 0.4) is 0 Å². The predicted octanol–water partition coefficient (Wildman–Crippen LogP) is 3.48. The van der Waals surface area contributed by atoms with Crippen LogP contribution in [0, 0.1) is 5.92 Å². The molecule has 1 fully saturated rings. The lowest BCUT2D eigenvalue weighted by atomic mass is 9.87. The number of hydrogen-bond donors (Lipinski definition) is 1. The zero-order valence-corrected chi connectivity index (χ0v) is 17.9. The molecule has 30 heavy (non-hydrogen) atoms. The van der Waals surface area contributed by atoms with Gasteiger partial charge < -0.3 is 19.7 Å². The van der Waals surface area contributed by atoms with Gasteiger partial charge in [0.25, 0.3) is 5.91 Å². The van der Waals surface area contributed by atoms with E-state index in [1.165, 1.54) is 0 Å². The van der Waals surface area contributed by atoms with Crippen molar-refractivity contribution in [2.45, 2.75) is 25.7 Å². The number of carbonyl (C=O) groups is 2. The Bertz CT molecular complexity index is 883. The second-order valence-electron chi connectivity index (χ2n) is 7.54. The molecule has 0 bridgehead atoms. The number of ether oxygens (including phenoxy) is 2. The molecule has 1 heterocycles. The average molecular weight is 411 g/mol. The number of unbranched alkanes of at least 4 members (excludes halogenated alkanes) is 1. The molecule has 3 rings (SSSR count). The number of nitrogens with zero attached hydrogens (tertiary/aromatic N) is 1. The normalized spacial score (nSPS) is 18.2. The molecule has 1 aliphatic rings. The Morgan fingerprint density at radius 1 is 1.07 bits per heavy atom. The first kappa shape index (κ1) is 21.7. The van der Waals surface area contributed by atoms with Gasteiger partial charge in [-0.2, -0.15) is 0 Å². The summed E-state index contributed by atoms with van der Waals surface area (Å²) in [6.07, 6.45) is 1.95. The molecule has 2 aromatic carbocycles. The molecule has 0 spiro atoms. The molecule has 1 aliphatic heterocycles. The van der Waals surface area contributed by atoms with Crippen molar-refractivity contribution >= 4 is 11.8 Å². The van der Waals surface area contributed by atoms with Gasteiger partial charge in [-0.15, -0.1) is 0 Å². The number of nitrogens with one attached hydrogen (secondary N) is 1. The van der Waals surface area contributed by atoms with Crippen molar-refractivity contribution in [3.63, 3.8) is 0 Å². The van der Waals surface area contributed by atoms with Crippen molar-refractivity contribution in [1.29, 1.82) is 0 Å². The Morgan fingerprint density at radius 2 is 1.87 bits per heavy atom. The molecule has 1 saturated heterocycles. The maximum atomic E-state index is 13.2. The topological polar surface area (TPSA) is 67.9 Å². The van der Waals surface area contributed by atoms with Gasteiger partial charge in [0.05, 0.1) is 20.1 Å². The van der Waals surface area contributed by atoms with Crippen molar-refractivity contribution in [2.24, 2.45) is 5.92 Å². The Balaban J connectivity index is 1.87. The van der Waals surface area contributed by atoms with Crippen LogP contribution < -0.4 is 14.8 Å². The van der Waals surface area contributed by atoms with Crippen LogP contribution in [0.1, 0.15) is 41.6 Å². The average Bonchev–Trinajstić information content (AvgIpc) is 3.24. The van der Waals surface area contributed by atoms with Crippen LogP contribution in [-0.2, 0) is 4.79 Å². The van der Waals surface area contributed by atoms with E-state index in [4.69, 9.17) is 9.47 Å². The van der Waals surface area contributed by atoms with Crippen LogP contribution >= 0.6 is 0 Å². The summed E-state index contributed by atoms with van der Waals surface area (Å²) in [5.41, 5.74) is 1.51. The number of benzene rings is 2. The highest BCUT2D eigenvalue weighted by molar-refractivity contribution is 5.95. The van der Waals surface area contributed by atoms with E-state index in [2.05, 4.69) is 12.2 Å². The molecule has 6 nitrogen and oxygen atoms in total. The first-order valence-electron chi connectivity index (χ1n) is 10.4. The van der Waals surface area contributed by atoms with Gasteiger partial charge in [-0.25, -0.2) is 0 Å². The second-order valence-corrected chi connectivity index (χ2v) is 7.54. The third-order valence-corrected chi connectivity index (χ3v) is 5.63. The third-order valence-electron chi connectivity index (χ3n) is 5.63. The van der Waals surface area contributed by atoms with Gasteiger partial charge in [0.15, 0.2) is 0 Å². The highest BCUT2D eigenvalue weighted by Crippen LogP contribution is 2.38. The molecule has 2 atom stereocenters. The minimum absolute atomic E-state index is 0.0136. The number of methoxy groups -OCH3 is 2. The van der Waals surface area contributed by atoms with E-state index in [1.54, 1.807) is 37.3 Å². The van der Waals surface area contributed by atoms with E-state index in [9.17, 15) is 9.59 Å². The predicted molar refractivity (Wildman–Crippen MR) is 116 cm³/mol. The molecular formula is C24H30N2O4. The summed E-state index contributed by atoms with van der Waals surface area (Å²) in [6.45, 7) is 3.57. The lowest BCUT2D eigenvalue weighted by molar-refractivity contribution is -0.124. The molecule has 2 amide bonds. The smallest absolute Gasteiger partial charge is 0.254 e. The first-order chi connectivity index (χ1) is 14.6. The van der Waals surface area contributed by atoms with E-state index in [0.29, 0.717) is 30.9 Å². The molecule has 0 aromatic heterocycles. The largest absolute Gasteiger partial charge is 0.497 e. The minimum atomic E-state index is -0.326. The van der Waals surface area contributed by atoms with Crippen molar-refractivity contribution in [1.82, 2.24) is 10.2 Å². The van der Waals surface area contributed by atoms with Crippen molar-refractivity contribution in [2.75, 3.05) is 33.9 Å². The molecule has 6 heteroatoms. The molecule has 1 N–H and O–H groups in total. The Labute approximate surface area is 178 Å². The molecule has 2 unspecified atom stereocenters. The number of likely N-dealkylation sites (tertiary alicyclic amines) is 1. The van der Waals surface area contributed by atoms with E-state index < -0.39 is 0 Å². The molecule has 0 radical (unpaired) electrons. The SMILES string of the molecule is CCCCNC(=O)C1CN(C(=O)c2cccc(OC)c2)CC1c1ccccc1OC. The quantitative estimate of drug-likeness (QED) is 0.677. The fraction of sp³-hybridized carbons (Fsp3) is 0.417. The van der Waals surface area contributed by atoms with E-state index in [-0.39, 0.29) is 23.7 Å². The Kier molecular flexibility index (Phi) is 7.33. The van der Waals surface area contributed by atoms with Crippen LogP contribution in [-0.4, -0.2) is 50.6 Å². The maximum absolute atomic E-state index is 13.2. The van der Waals surface area contributed by atoms with Gasteiger partial charge in [-0.3, -0.25) is 9.59 Å². The Hall–Kier alpha value is -3.02. The lowest BCUT2D eigenvalue weighted by Gasteiger charge is -2.20. The third kappa shape index (κ3) is 4.75. The van der Waals surface area contributed by atoms with Gasteiger partial charge in [0.1, 0.15) is 11.5 Å². The van der Waals surface area contributed by atoms with E-state index >= 15 is 0 Å². The highest BCUT2D eigenvalue weighted by Gasteiger charge is 2.41. The number of hydrogen-bond acceptors (Lipinski definition) is 4. The lowest BCUT2D eigenvalue weighted by Crippen LogP contribution is -2.36. The zero-order chi connectivity index (χ0) is 21.5. The van der Waals surface area contributed by atoms with Gasteiger partial charge in [-0.1, -0.05) is 37.6 Å². The molecule has 2 aromatic rings. The number of para-hydroxylation sites is 1. The number of amides is 2. The first-order valence-corrected chi connectivity index (χ1v) is 10.4. The van der Waals surface area contributed by atoms with Gasteiger partial charge >= 0.3 is 0 Å². The molecular weight excluding hydrogens is 380 g/mol. The van der Waals surface area contributed by atoms with E-state index in [0.717, 1.165) is 24.2 Å². The van der Waals surface area contributed by atoms with Gasteiger partial charge in [-0.05, 0) is 36.2 Å². The van der Waals surface area contributed by atoms with Gasteiger partial charge in [0.2, 0.25) is 5.91 Å². The van der Waals surface area contributed by atoms with Crippen molar-refractivity contribution in [3.8, 4) is 11.5 Å². The van der Waals surface area contributed by atoms with E-state index in [1.807, 2.05) is 30.3 Å². The van der Waals surface area contributed by atoms with Crippen LogP contribution in [0.5, 0.6) is 11.5 Å². The van der Waals surface area contributed by atoms with Crippen LogP contribution in [0.2, 0.25) is 0 Å². The van der Waals surface area contributed by atoms with Crippen molar-refractivity contribution < 1.29 is 19.1 Å². The summed E-state index contributed by atoms with van der Waals surface area (Å²) < 4.78 is 10.8. The summed E-state index contributed by atoms with van der Waals surface area (Å²) in [7, 11) is 3.21. The standard InChI is InChI=1S/C24H30N2O4/c1-4-5-13-25-23(27)21-16-26(24(28)17-9-8-10-18(14-17)29-2)15-20(21)19-11-6-7-12-22(19)30-3/h6-12,14,20-21H,4-5,13,15-16H2,1-3H3,(H,25,27). The fourth-order valence-electron chi connectivity index (χ4n) is 3.98. The molecule has 0 saturated carbocycles. The minimum Gasteiger partial charge on any atom is -0.497 e. The Morgan fingerprint density at radius 3 is 2.60 bits per heavy atom. The summed E-state index contributed by atoms with van der Waals surface area (Å²) in [5.74, 6) is 0.808. The maximum Gasteiger partial charge on any atom is 0.254 e. The second kappa shape index (κ2) is 10.1. The number of carbonyl (C=O) groups excluding carboxylic acids is 2. The summed E-state index contributed by atoms with van der Waals surface area (Å²) >= 11 is 0. The monoisotopic (exact) mass is 410 g/mol. The van der Waals surface area contributed by atoms with Gasteiger partial charge in [0, 0.05) is 31.1 Å². The zero-order valence-electron chi connectivity index (χ0n) is 17.9. The fourth-order valence-corrected chi connectivity index (χ4v) is 3.98. The van der Waals surface area contributed by atoms with Crippen LogP contribution in [0.25, 0.3) is 0 Å². The van der Waals surface area contributed by atoms with Crippen LogP contribution in [0.4, 0.5) is 0 Å². The highest BCUT2D eigenvalue weighted by atomic mass is 16.5.